The van der Waals surface area contributed by atoms with Crippen LogP contribution in [0.1, 0.15) is 13.8 Å². The van der Waals surface area contributed by atoms with Gasteiger partial charge in [0.2, 0.25) is 5.91 Å². The summed E-state index contributed by atoms with van der Waals surface area (Å²) in [5, 5.41) is 13.3. The molecule has 1 aromatic carbocycles. The molecular weight excluding hydrogens is 368 g/mol. The number of nitrogens with one attached hydrogen (secondary N) is 1. The highest BCUT2D eigenvalue weighted by Gasteiger charge is 2.19. The third kappa shape index (κ3) is 3.78. The Labute approximate surface area is 121 Å². The Bertz CT molecular complexity index is 477. The van der Waals surface area contributed by atoms with Gasteiger partial charge in [0.15, 0.2) is 0 Å². The van der Waals surface area contributed by atoms with Gasteiger partial charge in [0.25, 0.3) is 5.69 Å². The Hall–Kier alpha value is -0.950. The number of benzene rings is 1. The zero-order chi connectivity index (χ0) is 13.9. The van der Waals surface area contributed by atoms with Gasteiger partial charge in [0, 0.05) is 11.8 Å². The number of nitro groups is 1. The summed E-state index contributed by atoms with van der Waals surface area (Å²) in [5.74, 6) is -0.0164. The first-order valence-corrected chi connectivity index (χ1v) is 6.92. The van der Waals surface area contributed by atoms with Crippen LogP contribution in [-0.2, 0) is 4.79 Å². The maximum atomic E-state index is 11.8. The first-order valence-electron chi connectivity index (χ1n) is 5.21. The molecule has 0 saturated heterocycles. The van der Waals surface area contributed by atoms with E-state index in [1.807, 2.05) is 13.8 Å². The minimum Gasteiger partial charge on any atom is -0.325 e. The smallest absolute Gasteiger partial charge is 0.283 e. The standard InChI is InChI=1S/C11H12Br2N2O3/c1-6(2)10(13)11(16)14-7-3-4-9(15(17)18)8(12)5-7/h3-6,10H,1-2H3,(H,14,16). The monoisotopic (exact) mass is 378 g/mol. The molecule has 18 heavy (non-hydrogen) atoms. The van der Waals surface area contributed by atoms with Crippen LogP contribution in [0.3, 0.4) is 0 Å². The fourth-order valence-electron chi connectivity index (χ4n) is 1.25. The Morgan fingerprint density at radius 3 is 2.50 bits per heavy atom. The molecular formula is C11H12Br2N2O3. The summed E-state index contributed by atoms with van der Waals surface area (Å²) < 4.78 is 0.334. The summed E-state index contributed by atoms with van der Waals surface area (Å²) in [7, 11) is 0. The molecule has 0 bridgehead atoms. The van der Waals surface area contributed by atoms with E-state index in [9.17, 15) is 14.9 Å². The minimum atomic E-state index is -0.489. The summed E-state index contributed by atoms with van der Waals surface area (Å²) in [6, 6.07) is 4.36. The highest BCUT2D eigenvalue weighted by Crippen LogP contribution is 2.28. The first kappa shape index (κ1) is 15.1. The summed E-state index contributed by atoms with van der Waals surface area (Å²) in [6.07, 6.45) is 0. The number of anilines is 1. The van der Waals surface area contributed by atoms with Gasteiger partial charge in [-0.15, -0.1) is 0 Å². The van der Waals surface area contributed by atoms with E-state index in [-0.39, 0.29) is 22.3 Å². The topological polar surface area (TPSA) is 72.2 Å². The number of nitro benzene ring substituents is 1. The zero-order valence-corrected chi connectivity index (χ0v) is 13.0. The number of amides is 1. The van der Waals surface area contributed by atoms with Crippen LogP contribution >= 0.6 is 31.9 Å². The van der Waals surface area contributed by atoms with Crippen LogP contribution in [0, 0.1) is 16.0 Å². The van der Waals surface area contributed by atoms with Gasteiger partial charge < -0.3 is 5.32 Å². The predicted octanol–water partition coefficient (Wildman–Crippen LogP) is 3.72. The third-order valence-electron chi connectivity index (χ3n) is 2.25. The normalized spacial score (nSPS) is 12.3. The van der Waals surface area contributed by atoms with Crippen molar-refractivity contribution in [3.8, 4) is 0 Å². The number of carbonyl (C=O) groups excluding carboxylic acids is 1. The summed E-state index contributed by atoms with van der Waals surface area (Å²) in [5.41, 5.74) is 0.481. The van der Waals surface area contributed by atoms with E-state index in [2.05, 4.69) is 37.2 Å². The summed E-state index contributed by atoms with van der Waals surface area (Å²) in [6.45, 7) is 3.84. The lowest BCUT2D eigenvalue weighted by Gasteiger charge is -2.13. The second-order valence-electron chi connectivity index (χ2n) is 4.06. The van der Waals surface area contributed by atoms with Crippen molar-refractivity contribution in [1.29, 1.82) is 0 Å². The second kappa shape index (κ2) is 6.29. The van der Waals surface area contributed by atoms with Crippen molar-refractivity contribution in [3.05, 3.63) is 32.8 Å². The van der Waals surface area contributed by atoms with E-state index in [4.69, 9.17) is 0 Å². The van der Waals surface area contributed by atoms with Crippen molar-refractivity contribution >= 4 is 49.1 Å². The van der Waals surface area contributed by atoms with Gasteiger partial charge in [0.05, 0.1) is 14.2 Å². The zero-order valence-electron chi connectivity index (χ0n) is 9.81. The maximum Gasteiger partial charge on any atom is 0.283 e. The molecule has 1 amide bonds. The SMILES string of the molecule is CC(C)C(Br)C(=O)Nc1ccc([N+](=O)[O-])c(Br)c1. The lowest BCUT2D eigenvalue weighted by Crippen LogP contribution is -2.26. The highest BCUT2D eigenvalue weighted by molar-refractivity contribution is 9.10. The maximum absolute atomic E-state index is 11.8. The van der Waals surface area contributed by atoms with Gasteiger partial charge in [-0.05, 0) is 34.0 Å². The summed E-state index contributed by atoms with van der Waals surface area (Å²) in [4.78, 5) is 21.6. The van der Waals surface area contributed by atoms with Gasteiger partial charge in [-0.25, -0.2) is 0 Å². The Morgan fingerprint density at radius 2 is 2.06 bits per heavy atom. The Balaban J connectivity index is 2.84. The number of hydrogen-bond acceptors (Lipinski definition) is 3. The second-order valence-corrected chi connectivity index (χ2v) is 5.90. The number of halogens is 2. The summed E-state index contributed by atoms with van der Waals surface area (Å²) >= 11 is 6.39. The molecule has 0 heterocycles. The molecule has 0 saturated carbocycles. The Kier molecular flexibility index (Phi) is 5.28. The fraction of sp³-hybridized carbons (Fsp3) is 0.364. The number of hydrogen-bond donors (Lipinski definition) is 1. The molecule has 1 aromatic rings. The molecule has 0 aliphatic carbocycles. The van der Waals surface area contributed by atoms with Crippen molar-refractivity contribution in [2.24, 2.45) is 5.92 Å². The van der Waals surface area contributed by atoms with Crippen molar-refractivity contribution in [2.45, 2.75) is 18.7 Å². The van der Waals surface area contributed by atoms with Crippen molar-refractivity contribution in [3.63, 3.8) is 0 Å². The van der Waals surface area contributed by atoms with E-state index >= 15 is 0 Å². The van der Waals surface area contributed by atoms with Crippen LogP contribution in [0.5, 0.6) is 0 Å². The minimum absolute atomic E-state index is 0.0350. The van der Waals surface area contributed by atoms with Crippen LogP contribution in [0.15, 0.2) is 22.7 Å². The average molecular weight is 380 g/mol. The molecule has 0 spiro atoms. The van der Waals surface area contributed by atoms with Gasteiger partial charge >= 0.3 is 0 Å². The molecule has 5 nitrogen and oxygen atoms in total. The van der Waals surface area contributed by atoms with E-state index < -0.39 is 4.92 Å². The number of alkyl halides is 1. The average Bonchev–Trinajstić information content (AvgIpc) is 2.27. The largest absolute Gasteiger partial charge is 0.325 e. The molecule has 1 unspecified atom stereocenters. The lowest BCUT2D eigenvalue weighted by atomic mass is 10.1. The van der Waals surface area contributed by atoms with E-state index in [0.717, 1.165) is 0 Å². The molecule has 0 aliphatic heterocycles. The molecule has 0 fully saturated rings. The van der Waals surface area contributed by atoms with Crippen LogP contribution in [0.25, 0.3) is 0 Å². The molecule has 1 N–H and O–H groups in total. The molecule has 0 aliphatic rings. The third-order valence-corrected chi connectivity index (χ3v) is 4.36. The quantitative estimate of drug-likeness (QED) is 0.492. The molecule has 1 atom stereocenters. The molecule has 7 heteroatoms. The predicted molar refractivity (Wildman–Crippen MR) is 77.0 cm³/mol. The van der Waals surface area contributed by atoms with Crippen LogP contribution in [0.4, 0.5) is 11.4 Å². The van der Waals surface area contributed by atoms with E-state index in [1.165, 1.54) is 18.2 Å². The molecule has 0 aromatic heterocycles. The highest BCUT2D eigenvalue weighted by atomic mass is 79.9. The molecule has 0 radical (unpaired) electrons. The first-order chi connectivity index (χ1) is 8.32. The van der Waals surface area contributed by atoms with Crippen molar-refractivity contribution < 1.29 is 9.72 Å². The van der Waals surface area contributed by atoms with E-state index in [0.29, 0.717) is 10.2 Å². The number of nitrogens with zero attached hydrogens (tertiary/aromatic N) is 1. The van der Waals surface area contributed by atoms with Crippen LogP contribution in [0.2, 0.25) is 0 Å². The fourth-order valence-corrected chi connectivity index (χ4v) is 1.88. The van der Waals surface area contributed by atoms with Gasteiger partial charge in [-0.3, -0.25) is 14.9 Å². The molecule has 1 rings (SSSR count). The lowest BCUT2D eigenvalue weighted by molar-refractivity contribution is -0.385. The van der Waals surface area contributed by atoms with Gasteiger partial charge in [-0.2, -0.15) is 0 Å². The number of carbonyl (C=O) groups is 1. The molecule has 98 valence electrons. The van der Waals surface area contributed by atoms with Gasteiger partial charge in [0.1, 0.15) is 0 Å². The number of rotatable bonds is 4. The van der Waals surface area contributed by atoms with Crippen molar-refractivity contribution in [2.75, 3.05) is 5.32 Å². The van der Waals surface area contributed by atoms with Crippen LogP contribution < -0.4 is 5.32 Å². The van der Waals surface area contributed by atoms with E-state index in [1.54, 1.807) is 0 Å². The Morgan fingerprint density at radius 1 is 1.44 bits per heavy atom. The van der Waals surface area contributed by atoms with Crippen LogP contribution in [-0.4, -0.2) is 15.7 Å². The van der Waals surface area contributed by atoms with Gasteiger partial charge in [-0.1, -0.05) is 29.8 Å². The van der Waals surface area contributed by atoms with Crippen molar-refractivity contribution in [1.82, 2.24) is 0 Å².